The maximum Gasteiger partial charge on any atom is 0.271 e. The van der Waals surface area contributed by atoms with E-state index in [0.29, 0.717) is 11.3 Å². The summed E-state index contributed by atoms with van der Waals surface area (Å²) >= 11 is 0. The minimum absolute atomic E-state index is 0.214. The molecule has 22 heavy (non-hydrogen) atoms. The van der Waals surface area contributed by atoms with Gasteiger partial charge in [0.2, 0.25) is 0 Å². The Morgan fingerprint density at radius 2 is 1.73 bits per heavy atom. The van der Waals surface area contributed by atoms with E-state index in [-0.39, 0.29) is 5.69 Å². The number of benzene rings is 1. The lowest BCUT2D eigenvalue weighted by atomic mass is 10.1. The van der Waals surface area contributed by atoms with Gasteiger partial charge in [-0.1, -0.05) is 26.2 Å². The Bertz CT molecular complexity index is 682. The Balaban J connectivity index is 2.28. The number of nitrogens with two attached hydrogens (primary N) is 1. The number of hydrogen-bond donors (Lipinski definition) is 2. The summed E-state index contributed by atoms with van der Waals surface area (Å²) in [6.07, 6.45) is 4.61. The fourth-order valence-corrected chi connectivity index (χ4v) is 2.37. The van der Waals surface area contributed by atoms with Crippen LogP contribution in [0.1, 0.15) is 54.2 Å². The van der Waals surface area contributed by atoms with Crippen molar-refractivity contribution in [3.05, 3.63) is 29.0 Å². The van der Waals surface area contributed by atoms with Gasteiger partial charge < -0.3 is 11.1 Å². The average Bonchev–Trinajstić information content (AvgIpc) is 2.47. The first-order chi connectivity index (χ1) is 10.5. The van der Waals surface area contributed by atoms with E-state index in [1.54, 1.807) is 0 Å². The van der Waals surface area contributed by atoms with Gasteiger partial charge in [0.1, 0.15) is 0 Å². The third-order valence-corrected chi connectivity index (χ3v) is 3.84. The van der Waals surface area contributed by atoms with Gasteiger partial charge in [-0.2, -0.15) is 0 Å². The van der Waals surface area contributed by atoms with E-state index in [9.17, 15) is 4.79 Å². The Labute approximate surface area is 131 Å². The molecule has 2 rings (SSSR count). The smallest absolute Gasteiger partial charge is 0.271 e. The molecule has 5 nitrogen and oxygen atoms in total. The van der Waals surface area contributed by atoms with Gasteiger partial charge in [0.05, 0.1) is 11.0 Å². The van der Waals surface area contributed by atoms with Crippen LogP contribution in [-0.4, -0.2) is 22.4 Å². The maximum absolute atomic E-state index is 11.6. The van der Waals surface area contributed by atoms with Crippen LogP contribution < -0.4 is 11.1 Å². The Morgan fingerprint density at radius 3 is 2.32 bits per heavy atom. The van der Waals surface area contributed by atoms with Gasteiger partial charge in [0, 0.05) is 6.54 Å². The molecule has 0 fully saturated rings. The summed E-state index contributed by atoms with van der Waals surface area (Å²) in [6, 6.07) is 3.93. The van der Waals surface area contributed by atoms with Crippen LogP contribution in [0.25, 0.3) is 11.0 Å². The van der Waals surface area contributed by atoms with Gasteiger partial charge in [-0.25, -0.2) is 9.97 Å². The number of primary amides is 1. The summed E-state index contributed by atoms with van der Waals surface area (Å²) in [5.74, 6) is -0.0663. The number of carbonyl (C=O) groups is 1. The van der Waals surface area contributed by atoms with Crippen LogP contribution in [0.4, 0.5) is 5.82 Å². The Morgan fingerprint density at radius 1 is 1.09 bits per heavy atom. The van der Waals surface area contributed by atoms with Crippen molar-refractivity contribution < 1.29 is 4.79 Å². The highest BCUT2D eigenvalue weighted by molar-refractivity contribution is 5.97. The lowest BCUT2D eigenvalue weighted by Gasteiger charge is -2.11. The maximum atomic E-state index is 11.6. The number of aryl methyl sites for hydroxylation is 2. The molecule has 3 N–H and O–H groups in total. The summed E-state index contributed by atoms with van der Waals surface area (Å²) in [4.78, 5) is 20.6. The first-order valence-electron chi connectivity index (χ1n) is 7.85. The van der Waals surface area contributed by atoms with Crippen molar-refractivity contribution in [1.29, 1.82) is 0 Å². The molecule has 0 bridgehead atoms. The van der Waals surface area contributed by atoms with Crippen molar-refractivity contribution in [3.8, 4) is 0 Å². The van der Waals surface area contributed by atoms with Crippen LogP contribution in [0.15, 0.2) is 12.1 Å². The fourth-order valence-electron chi connectivity index (χ4n) is 2.37. The fraction of sp³-hybridized carbons (Fsp3) is 0.471. The molecule has 0 aliphatic carbocycles. The number of carbonyl (C=O) groups excluding carboxylic acids is 1. The number of nitrogens with zero attached hydrogens (tertiary/aromatic N) is 2. The number of aromatic nitrogens is 2. The second-order valence-corrected chi connectivity index (χ2v) is 5.70. The molecule has 0 aliphatic heterocycles. The van der Waals surface area contributed by atoms with Gasteiger partial charge >= 0.3 is 0 Å². The molecule has 1 heterocycles. The predicted molar refractivity (Wildman–Crippen MR) is 90.2 cm³/mol. The minimum Gasteiger partial charge on any atom is -0.368 e. The zero-order chi connectivity index (χ0) is 16.1. The van der Waals surface area contributed by atoms with Crippen molar-refractivity contribution in [2.75, 3.05) is 11.9 Å². The standard InChI is InChI=1S/C17H24N4O/c1-4-5-6-7-8-19-17-15(16(18)22)20-13-9-11(2)12(3)10-14(13)21-17/h9-10H,4-8H2,1-3H3,(H2,18,22)(H,19,21). The molecular weight excluding hydrogens is 276 g/mol. The predicted octanol–water partition coefficient (Wildman–Crippen LogP) is 3.34. The van der Waals surface area contributed by atoms with Gasteiger partial charge in [0.15, 0.2) is 11.5 Å². The van der Waals surface area contributed by atoms with Crippen LogP contribution in [0.3, 0.4) is 0 Å². The van der Waals surface area contributed by atoms with Gasteiger partial charge in [0.25, 0.3) is 5.91 Å². The largest absolute Gasteiger partial charge is 0.368 e. The van der Waals surface area contributed by atoms with E-state index in [2.05, 4.69) is 22.2 Å². The second kappa shape index (κ2) is 7.20. The molecule has 118 valence electrons. The van der Waals surface area contributed by atoms with Crippen molar-refractivity contribution in [1.82, 2.24) is 9.97 Å². The van der Waals surface area contributed by atoms with Gasteiger partial charge in [-0.05, 0) is 43.5 Å². The second-order valence-electron chi connectivity index (χ2n) is 5.70. The van der Waals surface area contributed by atoms with E-state index in [1.807, 2.05) is 26.0 Å². The summed E-state index contributed by atoms with van der Waals surface area (Å²) in [5.41, 5.74) is 9.42. The monoisotopic (exact) mass is 300 g/mol. The highest BCUT2D eigenvalue weighted by Gasteiger charge is 2.14. The number of amides is 1. The molecule has 1 amide bonds. The van der Waals surface area contributed by atoms with Crippen LogP contribution in [0, 0.1) is 13.8 Å². The summed E-state index contributed by atoms with van der Waals surface area (Å²) in [6.45, 7) is 7.00. The first-order valence-corrected chi connectivity index (χ1v) is 7.85. The third kappa shape index (κ3) is 3.72. The molecule has 0 atom stereocenters. The molecule has 1 aromatic carbocycles. The number of nitrogens with one attached hydrogen (secondary N) is 1. The van der Waals surface area contributed by atoms with E-state index in [1.165, 1.54) is 12.8 Å². The average molecular weight is 300 g/mol. The van der Waals surface area contributed by atoms with Crippen LogP contribution in [0.5, 0.6) is 0 Å². The summed E-state index contributed by atoms with van der Waals surface area (Å²) in [5, 5.41) is 3.21. The third-order valence-electron chi connectivity index (χ3n) is 3.84. The zero-order valence-corrected chi connectivity index (χ0v) is 13.6. The number of unbranched alkanes of at least 4 members (excludes halogenated alkanes) is 3. The molecule has 1 aromatic heterocycles. The molecule has 0 radical (unpaired) electrons. The van der Waals surface area contributed by atoms with Crippen LogP contribution >= 0.6 is 0 Å². The Hall–Kier alpha value is -2.17. The van der Waals surface area contributed by atoms with Crippen LogP contribution in [0.2, 0.25) is 0 Å². The molecule has 0 saturated heterocycles. The van der Waals surface area contributed by atoms with Gasteiger partial charge in [-0.3, -0.25) is 4.79 Å². The molecular formula is C17H24N4O. The number of fused-ring (bicyclic) bond motifs is 1. The number of rotatable bonds is 7. The first kappa shape index (κ1) is 16.2. The number of hydrogen-bond acceptors (Lipinski definition) is 4. The number of anilines is 1. The normalized spacial score (nSPS) is 10.9. The van der Waals surface area contributed by atoms with E-state index in [4.69, 9.17) is 5.73 Å². The van der Waals surface area contributed by atoms with Crippen molar-refractivity contribution in [2.24, 2.45) is 5.73 Å². The van der Waals surface area contributed by atoms with E-state index in [0.717, 1.165) is 36.0 Å². The SMILES string of the molecule is CCCCCCNc1nc2cc(C)c(C)cc2nc1C(N)=O. The molecule has 0 unspecified atom stereocenters. The molecule has 0 aliphatic rings. The van der Waals surface area contributed by atoms with E-state index < -0.39 is 5.91 Å². The highest BCUT2D eigenvalue weighted by Crippen LogP contribution is 2.20. The highest BCUT2D eigenvalue weighted by atomic mass is 16.1. The Kier molecular flexibility index (Phi) is 5.31. The summed E-state index contributed by atoms with van der Waals surface area (Å²) < 4.78 is 0. The summed E-state index contributed by atoms with van der Waals surface area (Å²) in [7, 11) is 0. The van der Waals surface area contributed by atoms with Crippen molar-refractivity contribution in [2.45, 2.75) is 46.5 Å². The molecule has 0 spiro atoms. The van der Waals surface area contributed by atoms with Crippen LogP contribution in [-0.2, 0) is 0 Å². The van der Waals surface area contributed by atoms with Crippen molar-refractivity contribution in [3.63, 3.8) is 0 Å². The zero-order valence-electron chi connectivity index (χ0n) is 13.6. The van der Waals surface area contributed by atoms with Gasteiger partial charge in [-0.15, -0.1) is 0 Å². The molecule has 0 saturated carbocycles. The topological polar surface area (TPSA) is 80.9 Å². The lowest BCUT2D eigenvalue weighted by molar-refractivity contribution is 0.0996. The van der Waals surface area contributed by atoms with E-state index >= 15 is 0 Å². The minimum atomic E-state index is -0.552. The molecule has 2 aromatic rings. The lowest BCUT2D eigenvalue weighted by Crippen LogP contribution is -2.18. The molecule has 5 heteroatoms. The van der Waals surface area contributed by atoms with Crippen molar-refractivity contribution >= 4 is 22.8 Å². The quantitative estimate of drug-likeness (QED) is 0.768.